The van der Waals surface area contributed by atoms with Crippen molar-refractivity contribution in [2.24, 2.45) is 0 Å². The molecule has 2 atom stereocenters. The van der Waals surface area contributed by atoms with Crippen molar-refractivity contribution in [3.63, 3.8) is 0 Å². The molecule has 132 valence electrons. The Morgan fingerprint density at radius 1 is 1.27 bits per heavy atom. The minimum atomic E-state index is -4.84. The number of hydrogen-bond acceptors (Lipinski definition) is 4. The van der Waals surface area contributed by atoms with Gasteiger partial charge in [0.15, 0.2) is 5.65 Å². The number of imidazole rings is 1. The SMILES string of the molecule is N#Cc1cc(C2C[C@@H]2c2cc(Cl)nn3ccnc23)ccc1OC(F)(F)F. The predicted octanol–water partition coefficient (Wildman–Crippen LogP) is 4.42. The molecule has 0 spiro atoms. The van der Waals surface area contributed by atoms with Crippen LogP contribution in [0.2, 0.25) is 5.15 Å². The van der Waals surface area contributed by atoms with E-state index in [1.807, 2.05) is 0 Å². The molecule has 0 amide bonds. The molecule has 9 heteroatoms. The van der Waals surface area contributed by atoms with Gasteiger partial charge in [-0.3, -0.25) is 0 Å². The predicted molar refractivity (Wildman–Crippen MR) is 85.9 cm³/mol. The van der Waals surface area contributed by atoms with Crippen molar-refractivity contribution in [2.75, 3.05) is 0 Å². The summed E-state index contributed by atoms with van der Waals surface area (Å²) < 4.78 is 42.7. The lowest BCUT2D eigenvalue weighted by molar-refractivity contribution is -0.274. The van der Waals surface area contributed by atoms with E-state index in [1.54, 1.807) is 35.1 Å². The van der Waals surface area contributed by atoms with Crippen LogP contribution in [0.15, 0.2) is 36.7 Å². The van der Waals surface area contributed by atoms with Crippen molar-refractivity contribution in [3.8, 4) is 11.8 Å². The van der Waals surface area contributed by atoms with Gasteiger partial charge in [0.2, 0.25) is 0 Å². The molecule has 1 saturated carbocycles. The lowest BCUT2D eigenvalue weighted by Crippen LogP contribution is -2.17. The van der Waals surface area contributed by atoms with Gasteiger partial charge < -0.3 is 4.74 Å². The van der Waals surface area contributed by atoms with Crippen molar-refractivity contribution in [3.05, 3.63) is 58.5 Å². The van der Waals surface area contributed by atoms with Gasteiger partial charge in [-0.1, -0.05) is 17.7 Å². The van der Waals surface area contributed by atoms with E-state index in [9.17, 15) is 13.2 Å². The van der Waals surface area contributed by atoms with Crippen molar-refractivity contribution in [1.82, 2.24) is 14.6 Å². The summed E-state index contributed by atoms with van der Waals surface area (Å²) >= 11 is 6.05. The molecule has 3 aromatic rings. The minimum Gasteiger partial charge on any atom is -0.404 e. The molecule has 0 N–H and O–H groups in total. The van der Waals surface area contributed by atoms with Gasteiger partial charge in [0, 0.05) is 18.0 Å². The summed E-state index contributed by atoms with van der Waals surface area (Å²) in [5.74, 6) is -0.314. The maximum Gasteiger partial charge on any atom is 0.573 e. The summed E-state index contributed by atoms with van der Waals surface area (Å²) in [7, 11) is 0. The fourth-order valence-electron chi connectivity index (χ4n) is 3.17. The fraction of sp³-hybridized carbons (Fsp3) is 0.235. The zero-order valence-corrected chi connectivity index (χ0v) is 13.8. The van der Waals surface area contributed by atoms with E-state index in [1.165, 1.54) is 12.1 Å². The van der Waals surface area contributed by atoms with E-state index in [4.69, 9.17) is 16.9 Å². The van der Waals surface area contributed by atoms with Crippen molar-refractivity contribution < 1.29 is 17.9 Å². The highest BCUT2D eigenvalue weighted by molar-refractivity contribution is 6.29. The van der Waals surface area contributed by atoms with E-state index in [2.05, 4.69) is 14.8 Å². The summed E-state index contributed by atoms with van der Waals surface area (Å²) in [6, 6.07) is 7.69. The minimum absolute atomic E-state index is 0.0704. The molecule has 2 heterocycles. The second-order valence-corrected chi connectivity index (χ2v) is 6.37. The van der Waals surface area contributed by atoms with Gasteiger partial charge in [0.05, 0.1) is 5.56 Å². The molecule has 1 aromatic carbocycles. The van der Waals surface area contributed by atoms with Crippen LogP contribution in [0.5, 0.6) is 5.75 Å². The van der Waals surface area contributed by atoms with Crippen LogP contribution in [0, 0.1) is 11.3 Å². The first-order valence-corrected chi connectivity index (χ1v) is 8.03. The molecule has 1 aliphatic rings. The summed E-state index contributed by atoms with van der Waals surface area (Å²) in [5.41, 5.74) is 2.25. The summed E-state index contributed by atoms with van der Waals surface area (Å²) in [5, 5.41) is 13.6. The quantitative estimate of drug-likeness (QED) is 0.676. The van der Waals surface area contributed by atoms with Crippen LogP contribution >= 0.6 is 11.6 Å². The number of ether oxygens (including phenoxy) is 1. The lowest BCUT2D eigenvalue weighted by atomic mass is 10.0. The smallest absolute Gasteiger partial charge is 0.404 e. The van der Waals surface area contributed by atoms with Crippen LogP contribution < -0.4 is 4.74 Å². The third-order valence-corrected chi connectivity index (χ3v) is 4.51. The molecule has 26 heavy (non-hydrogen) atoms. The van der Waals surface area contributed by atoms with Gasteiger partial charge in [-0.25, -0.2) is 9.50 Å². The number of hydrogen-bond donors (Lipinski definition) is 0. The number of fused-ring (bicyclic) bond motifs is 1. The van der Waals surface area contributed by atoms with Crippen LogP contribution in [0.3, 0.4) is 0 Å². The Balaban J connectivity index is 1.64. The molecule has 1 aliphatic carbocycles. The number of nitriles is 1. The van der Waals surface area contributed by atoms with E-state index < -0.39 is 12.1 Å². The zero-order chi connectivity index (χ0) is 18.5. The molecule has 1 unspecified atom stereocenters. The number of aromatic nitrogens is 3. The molecular formula is C17H10ClF3N4O. The van der Waals surface area contributed by atoms with Crippen LogP contribution in [0.1, 0.15) is 34.9 Å². The average molecular weight is 379 g/mol. The summed E-state index contributed by atoms with van der Waals surface area (Å²) in [6.45, 7) is 0. The normalized spacial score (nSPS) is 19.3. The molecule has 0 radical (unpaired) electrons. The van der Waals surface area contributed by atoms with Crippen LogP contribution in [-0.4, -0.2) is 21.0 Å². The molecule has 5 nitrogen and oxygen atoms in total. The Morgan fingerprint density at radius 3 is 2.81 bits per heavy atom. The number of rotatable bonds is 3. The lowest BCUT2D eigenvalue weighted by Gasteiger charge is -2.11. The van der Waals surface area contributed by atoms with Gasteiger partial charge in [-0.15, -0.1) is 13.2 Å². The van der Waals surface area contributed by atoms with Crippen LogP contribution in [0.25, 0.3) is 5.65 Å². The highest BCUT2D eigenvalue weighted by atomic mass is 35.5. The summed E-state index contributed by atoms with van der Waals surface area (Å²) in [6.07, 6.45) is -0.738. The second-order valence-electron chi connectivity index (χ2n) is 5.98. The van der Waals surface area contributed by atoms with Gasteiger partial charge in [0.1, 0.15) is 17.0 Å². The first-order valence-electron chi connectivity index (χ1n) is 7.65. The Kier molecular flexibility index (Phi) is 3.77. The van der Waals surface area contributed by atoms with Gasteiger partial charge >= 0.3 is 6.36 Å². The van der Waals surface area contributed by atoms with Crippen molar-refractivity contribution in [1.29, 1.82) is 5.26 Å². The van der Waals surface area contributed by atoms with Crippen molar-refractivity contribution in [2.45, 2.75) is 24.6 Å². The van der Waals surface area contributed by atoms with Gasteiger partial charge in [0.25, 0.3) is 0 Å². The third-order valence-electron chi connectivity index (χ3n) is 4.33. The monoisotopic (exact) mass is 378 g/mol. The first kappa shape index (κ1) is 16.7. The largest absolute Gasteiger partial charge is 0.573 e. The molecule has 0 saturated heterocycles. The third kappa shape index (κ3) is 3.06. The molecule has 4 rings (SSSR count). The van der Waals surface area contributed by atoms with Gasteiger partial charge in [-0.2, -0.15) is 10.4 Å². The number of alkyl halides is 3. The summed E-state index contributed by atoms with van der Waals surface area (Å²) in [4.78, 5) is 4.28. The Hall–Kier alpha value is -2.79. The second kappa shape index (κ2) is 5.88. The molecule has 2 aromatic heterocycles. The Morgan fingerprint density at radius 2 is 2.08 bits per heavy atom. The average Bonchev–Trinajstić information content (AvgIpc) is 3.23. The molecule has 0 aliphatic heterocycles. The molecule has 1 fully saturated rings. The van der Waals surface area contributed by atoms with E-state index >= 15 is 0 Å². The Bertz CT molecular complexity index is 1040. The first-order chi connectivity index (χ1) is 12.4. The van der Waals surface area contributed by atoms with E-state index in [0.29, 0.717) is 10.8 Å². The van der Waals surface area contributed by atoms with Crippen LogP contribution in [-0.2, 0) is 0 Å². The highest BCUT2D eigenvalue weighted by Crippen LogP contribution is 2.56. The maximum atomic E-state index is 12.4. The highest BCUT2D eigenvalue weighted by Gasteiger charge is 2.42. The number of halogens is 4. The van der Waals surface area contributed by atoms with Crippen molar-refractivity contribution >= 4 is 17.2 Å². The standard InChI is InChI=1S/C17H10ClF3N4O/c18-15-7-13(16-23-3-4-25(16)24-15)12-6-11(12)9-1-2-14(10(5-9)8-22)26-17(19,20)21/h1-5,7,11-12H,6H2/t11?,12-/m0/s1. The fourth-order valence-corrected chi connectivity index (χ4v) is 3.37. The topological polar surface area (TPSA) is 63.2 Å². The Labute approximate surface area is 150 Å². The van der Waals surface area contributed by atoms with Gasteiger partial charge in [-0.05, 0) is 42.0 Å². The molecule has 0 bridgehead atoms. The van der Waals surface area contributed by atoms with E-state index in [-0.39, 0.29) is 17.4 Å². The van der Waals surface area contributed by atoms with Crippen LogP contribution in [0.4, 0.5) is 13.2 Å². The number of nitrogens with zero attached hydrogens (tertiary/aromatic N) is 4. The number of benzene rings is 1. The zero-order valence-electron chi connectivity index (χ0n) is 13.0. The molecular weight excluding hydrogens is 369 g/mol. The maximum absolute atomic E-state index is 12.4. The van der Waals surface area contributed by atoms with E-state index in [0.717, 1.165) is 17.5 Å².